The molecule has 0 N–H and O–H groups in total. The number of nitrogens with zero attached hydrogens (tertiary/aromatic N) is 6. The summed E-state index contributed by atoms with van der Waals surface area (Å²) in [5.74, 6) is 0. The van der Waals surface area contributed by atoms with Crippen LogP contribution >= 0.6 is 0 Å². The summed E-state index contributed by atoms with van der Waals surface area (Å²) in [5, 5.41) is 48.6. The van der Waals surface area contributed by atoms with Crippen molar-refractivity contribution in [1.29, 1.82) is 21.0 Å². The van der Waals surface area contributed by atoms with Crippen molar-refractivity contribution < 1.29 is 0 Å². The van der Waals surface area contributed by atoms with E-state index in [1.807, 2.05) is 133 Å². The number of benzene rings is 11. The van der Waals surface area contributed by atoms with Gasteiger partial charge in [0.05, 0.1) is 69.0 Å². The highest BCUT2D eigenvalue weighted by molar-refractivity contribution is 6.22. The average molecular weight is 965 g/mol. The van der Waals surface area contributed by atoms with Gasteiger partial charge < -0.3 is 9.13 Å². The Morgan fingerprint density at radius 3 is 0.947 bits per heavy atom. The molecule has 13 rings (SSSR count). The van der Waals surface area contributed by atoms with Crippen molar-refractivity contribution in [2.24, 2.45) is 0 Å². The van der Waals surface area contributed by atoms with E-state index in [9.17, 15) is 21.0 Å². The molecule has 0 saturated carbocycles. The molecule has 0 amide bonds. The molecule has 2 heterocycles. The number of nitriles is 4. The van der Waals surface area contributed by atoms with Crippen molar-refractivity contribution in [1.82, 2.24) is 9.13 Å². The maximum atomic E-state index is 10.7. The van der Waals surface area contributed by atoms with Gasteiger partial charge in [0.25, 0.3) is 0 Å². The first-order chi connectivity index (χ1) is 37.6. The van der Waals surface area contributed by atoms with E-state index in [4.69, 9.17) is 0 Å². The number of hydrogen-bond donors (Lipinski definition) is 0. The summed E-state index contributed by atoms with van der Waals surface area (Å²) in [6, 6.07) is 91.7. The number of fused-ring (bicyclic) bond motifs is 4. The van der Waals surface area contributed by atoms with Gasteiger partial charge in [-0.15, -0.1) is 0 Å². The Balaban J connectivity index is 1.17. The lowest BCUT2D eigenvalue weighted by atomic mass is 9.85. The van der Waals surface area contributed by atoms with Gasteiger partial charge in [0.2, 0.25) is 0 Å². The molecule has 0 saturated heterocycles. The molecule has 0 aliphatic heterocycles. The van der Waals surface area contributed by atoms with E-state index in [0.717, 1.165) is 122 Å². The molecule has 0 fully saturated rings. The molecule has 2 aromatic heterocycles. The van der Waals surface area contributed by atoms with Crippen LogP contribution in [0.25, 0.3) is 122 Å². The highest BCUT2D eigenvalue weighted by Gasteiger charge is 2.28. The SMILES string of the molecule is N#Cc1ccccc1-c1c(-c2ccccc2C#N)n(-c2ccc3c(-c4ccccc4)c4cc(-n5c(-c6ccccc6C#N)c(-c6ccccc6C#N)c6ccccc65)ccc4c(-c4ccccc4)c3c2)c2ccccc12. The Hall–Kier alpha value is -11.0. The Bertz CT molecular complexity index is 4380. The third-order valence-corrected chi connectivity index (χ3v) is 14.7. The normalized spacial score (nSPS) is 11.1. The first-order valence-corrected chi connectivity index (χ1v) is 25.0. The van der Waals surface area contributed by atoms with E-state index in [2.05, 4.69) is 143 Å². The molecule has 0 unspecified atom stereocenters. The summed E-state index contributed by atoms with van der Waals surface area (Å²) in [5.41, 5.74) is 16.5. The fraction of sp³-hybridized carbons (Fsp3) is 0. The van der Waals surface area contributed by atoms with Crippen LogP contribution in [0.2, 0.25) is 0 Å². The summed E-state index contributed by atoms with van der Waals surface area (Å²) in [6.45, 7) is 0. The van der Waals surface area contributed by atoms with Crippen molar-refractivity contribution in [2.45, 2.75) is 0 Å². The summed E-state index contributed by atoms with van der Waals surface area (Å²) in [4.78, 5) is 0. The Kier molecular flexibility index (Phi) is 11.0. The Morgan fingerprint density at radius 1 is 0.250 bits per heavy atom. The minimum absolute atomic E-state index is 0.525. The van der Waals surface area contributed by atoms with E-state index < -0.39 is 0 Å². The Labute approximate surface area is 438 Å². The predicted octanol–water partition coefficient (Wildman–Crippen LogP) is 17.4. The molecule has 0 radical (unpaired) electrons. The molecule has 0 bridgehead atoms. The molecule has 0 aliphatic carbocycles. The molecule has 6 heteroatoms. The van der Waals surface area contributed by atoms with Gasteiger partial charge in [-0.1, -0.05) is 182 Å². The van der Waals surface area contributed by atoms with Gasteiger partial charge in [-0.3, -0.25) is 0 Å². The van der Waals surface area contributed by atoms with E-state index in [1.54, 1.807) is 0 Å². The van der Waals surface area contributed by atoms with E-state index >= 15 is 0 Å². The molecule has 0 spiro atoms. The molecule has 0 aliphatic rings. The zero-order chi connectivity index (χ0) is 51.3. The minimum atomic E-state index is 0.525. The summed E-state index contributed by atoms with van der Waals surface area (Å²) >= 11 is 0. The second-order valence-electron chi connectivity index (χ2n) is 18.7. The number of hydrogen-bond acceptors (Lipinski definition) is 4. The van der Waals surface area contributed by atoms with Crippen LogP contribution in [0.5, 0.6) is 0 Å². The van der Waals surface area contributed by atoms with E-state index in [-0.39, 0.29) is 0 Å². The zero-order valence-electron chi connectivity index (χ0n) is 40.8. The number of aromatic nitrogens is 2. The van der Waals surface area contributed by atoms with Crippen LogP contribution in [-0.2, 0) is 0 Å². The Morgan fingerprint density at radius 2 is 0.566 bits per heavy atom. The van der Waals surface area contributed by atoms with Crippen LogP contribution in [0.3, 0.4) is 0 Å². The van der Waals surface area contributed by atoms with Gasteiger partial charge >= 0.3 is 0 Å². The third-order valence-electron chi connectivity index (χ3n) is 14.7. The molecule has 11 aromatic carbocycles. The van der Waals surface area contributed by atoms with Crippen molar-refractivity contribution in [2.75, 3.05) is 0 Å². The van der Waals surface area contributed by atoms with Crippen molar-refractivity contribution in [3.05, 3.63) is 265 Å². The molecule has 13 aromatic rings. The van der Waals surface area contributed by atoms with Gasteiger partial charge in [-0.25, -0.2) is 0 Å². The maximum absolute atomic E-state index is 10.7. The average Bonchev–Trinajstić information content (AvgIpc) is 4.09. The van der Waals surface area contributed by atoms with E-state index in [0.29, 0.717) is 22.3 Å². The molecule has 0 atom stereocenters. The topological polar surface area (TPSA) is 105 Å². The van der Waals surface area contributed by atoms with Crippen LogP contribution < -0.4 is 0 Å². The molecular weight excluding hydrogens is 925 g/mol. The number of para-hydroxylation sites is 2. The number of rotatable bonds is 8. The lowest BCUT2D eigenvalue weighted by Crippen LogP contribution is -2.01. The quantitative estimate of drug-likeness (QED) is 0.141. The van der Waals surface area contributed by atoms with Crippen molar-refractivity contribution in [3.63, 3.8) is 0 Å². The van der Waals surface area contributed by atoms with E-state index in [1.165, 1.54) is 0 Å². The van der Waals surface area contributed by atoms with Crippen molar-refractivity contribution >= 4 is 43.4 Å². The minimum Gasteiger partial charge on any atom is -0.309 e. The van der Waals surface area contributed by atoms with Crippen LogP contribution in [-0.4, -0.2) is 9.13 Å². The summed E-state index contributed by atoms with van der Waals surface area (Å²) in [6.07, 6.45) is 0. The monoisotopic (exact) mass is 964 g/mol. The van der Waals surface area contributed by atoms with Crippen LogP contribution in [0.1, 0.15) is 22.3 Å². The molecule has 76 heavy (non-hydrogen) atoms. The smallest absolute Gasteiger partial charge is 0.0998 e. The second kappa shape index (κ2) is 18.5. The van der Waals surface area contributed by atoms with Crippen LogP contribution in [0, 0.1) is 45.3 Å². The van der Waals surface area contributed by atoms with Gasteiger partial charge in [-0.2, -0.15) is 21.0 Å². The molecule has 350 valence electrons. The van der Waals surface area contributed by atoms with Gasteiger partial charge in [0.15, 0.2) is 0 Å². The maximum Gasteiger partial charge on any atom is 0.0998 e. The summed E-state index contributed by atoms with van der Waals surface area (Å²) < 4.78 is 4.52. The zero-order valence-corrected chi connectivity index (χ0v) is 40.8. The second-order valence-corrected chi connectivity index (χ2v) is 18.7. The predicted molar refractivity (Wildman–Crippen MR) is 307 cm³/mol. The molecular formula is C70H40N6. The highest BCUT2D eigenvalue weighted by Crippen LogP contribution is 2.50. The van der Waals surface area contributed by atoms with Crippen LogP contribution in [0.4, 0.5) is 0 Å². The van der Waals surface area contributed by atoms with Gasteiger partial charge in [0, 0.05) is 55.5 Å². The fourth-order valence-corrected chi connectivity index (χ4v) is 11.6. The van der Waals surface area contributed by atoms with Gasteiger partial charge in [-0.05, 0) is 104 Å². The largest absolute Gasteiger partial charge is 0.309 e. The lowest BCUT2D eigenvalue weighted by molar-refractivity contribution is 1.14. The fourth-order valence-electron chi connectivity index (χ4n) is 11.6. The molecule has 6 nitrogen and oxygen atoms in total. The lowest BCUT2D eigenvalue weighted by Gasteiger charge is -2.21. The standard InChI is InChI=1S/C70H40N6/c71-41-47-23-7-11-27-53(47)67-59-31-15-17-33-63(59)75(69(67)55-29-13-9-25-49(55)43-73)51-36-38-58-61(39-51)65(45-19-3-1-4-20-45)57-37-35-52(40-62(57)66(58)46-21-5-2-6-22-46)76-64-34-18-16-32-60(64)68(54-28-12-8-24-48(54)42-72)70(76)56-30-14-10-26-50(56)44-74/h1-40H. The first kappa shape index (κ1) is 44.9. The highest BCUT2D eigenvalue weighted by atomic mass is 15.0. The van der Waals surface area contributed by atoms with Crippen molar-refractivity contribution in [3.8, 4) is 103 Å². The first-order valence-electron chi connectivity index (χ1n) is 25.0. The van der Waals surface area contributed by atoms with Gasteiger partial charge in [0.1, 0.15) is 0 Å². The van der Waals surface area contributed by atoms with Crippen LogP contribution in [0.15, 0.2) is 243 Å². The third kappa shape index (κ3) is 7.07. The summed E-state index contributed by atoms with van der Waals surface area (Å²) in [7, 11) is 0.